The quantitative estimate of drug-likeness (QED) is 0.723. The van der Waals surface area contributed by atoms with Crippen LogP contribution in [-0.2, 0) is 4.79 Å². The van der Waals surface area contributed by atoms with Crippen molar-refractivity contribution < 1.29 is 9.53 Å². The zero-order chi connectivity index (χ0) is 18.3. The lowest BCUT2D eigenvalue weighted by atomic mass is 9.99. The van der Waals surface area contributed by atoms with Gasteiger partial charge in [0.15, 0.2) is 5.13 Å². The lowest BCUT2D eigenvalue weighted by Crippen LogP contribution is -2.52. The van der Waals surface area contributed by atoms with Gasteiger partial charge in [-0.25, -0.2) is 4.98 Å². The monoisotopic (exact) mass is 387 g/mol. The molecule has 0 aliphatic carbocycles. The van der Waals surface area contributed by atoms with E-state index in [4.69, 9.17) is 16.3 Å². The van der Waals surface area contributed by atoms with Gasteiger partial charge in [0.25, 0.3) is 0 Å². The van der Waals surface area contributed by atoms with E-state index in [-0.39, 0.29) is 11.8 Å². The van der Waals surface area contributed by atoms with E-state index in [9.17, 15) is 4.79 Å². The van der Waals surface area contributed by atoms with Crippen LogP contribution >= 0.6 is 22.9 Å². The van der Waals surface area contributed by atoms with Crippen LogP contribution in [0, 0.1) is 12.8 Å². The predicted octanol–water partition coefficient (Wildman–Crippen LogP) is 4.34. The molecule has 1 N–H and O–H groups in total. The summed E-state index contributed by atoms with van der Waals surface area (Å²) < 4.78 is 6.45. The molecule has 26 heavy (non-hydrogen) atoms. The number of fused-ring (bicyclic) bond motifs is 1. The second-order valence-electron chi connectivity index (χ2n) is 6.31. The molecule has 0 radical (unpaired) electrons. The number of carbonyl (C=O) groups excluding carboxylic acids is 1. The van der Waals surface area contributed by atoms with Gasteiger partial charge in [-0.2, -0.15) is 0 Å². The summed E-state index contributed by atoms with van der Waals surface area (Å²) in [4.78, 5) is 19.3. The molecule has 1 saturated heterocycles. The summed E-state index contributed by atoms with van der Waals surface area (Å²) >= 11 is 7.73. The Morgan fingerprint density at radius 1 is 1.31 bits per heavy atom. The maximum Gasteiger partial charge on any atom is 0.231 e. The highest BCUT2D eigenvalue weighted by molar-refractivity contribution is 7.22. The lowest BCUT2D eigenvalue weighted by Gasteiger charge is -2.38. The van der Waals surface area contributed by atoms with E-state index in [0.29, 0.717) is 18.1 Å². The highest BCUT2D eigenvalue weighted by Crippen LogP contribution is 2.36. The number of anilines is 2. The van der Waals surface area contributed by atoms with Crippen LogP contribution in [-0.4, -0.2) is 31.1 Å². The summed E-state index contributed by atoms with van der Waals surface area (Å²) in [6.07, 6.45) is 0. The largest absolute Gasteiger partial charge is 0.494 e. The molecule has 134 valence electrons. The Balaban J connectivity index is 1.43. The van der Waals surface area contributed by atoms with Gasteiger partial charge in [-0.15, -0.1) is 0 Å². The van der Waals surface area contributed by atoms with Crippen molar-refractivity contribution in [2.45, 2.75) is 6.92 Å². The number of thiazole rings is 1. The molecule has 1 aliphatic heterocycles. The van der Waals surface area contributed by atoms with E-state index in [1.54, 1.807) is 18.4 Å². The van der Waals surface area contributed by atoms with Crippen LogP contribution < -0.4 is 15.0 Å². The van der Waals surface area contributed by atoms with Crippen molar-refractivity contribution in [1.82, 2.24) is 4.98 Å². The third-order valence-electron chi connectivity index (χ3n) is 4.64. The molecular weight excluding hydrogens is 370 g/mol. The Morgan fingerprint density at radius 2 is 2.08 bits per heavy atom. The standard InChI is InChI=1S/C19H18ClN3O2S/c1-11-13(20)5-3-6-14(11)21-18(24)12-9-23(10-12)19-22-17-15(25-2)7-4-8-16(17)26-19/h3-8,12H,9-10H2,1-2H3,(H,21,24). The molecule has 0 atom stereocenters. The number of carbonyl (C=O) groups is 1. The van der Waals surface area contributed by atoms with Crippen molar-refractivity contribution >= 4 is 49.9 Å². The molecule has 0 spiro atoms. The maximum atomic E-state index is 12.5. The number of hydrogen-bond donors (Lipinski definition) is 1. The van der Waals surface area contributed by atoms with Crippen LogP contribution in [0.1, 0.15) is 5.56 Å². The number of hydrogen-bond acceptors (Lipinski definition) is 5. The van der Waals surface area contributed by atoms with Gasteiger partial charge in [0.1, 0.15) is 11.3 Å². The van der Waals surface area contributed by atoms with Gasteiger partial charge in [-0.05, 0) is 36.8 Å². The van der Waals surface area contributed by atoms with Gasteiger partial charge in [-0.3, -0.25) is 4.79 Å². The molecule has 5 nitrogen and oxygen atoms in total. The van der Waals surface area contributed by atoms with Crippen LogP contribution in [0.15, 0.2) is 36.4 Å². The normalized spacial score (nSPS) is 14.3. The van der Waals surface area contributed by atoms with E-state index >= 15 is 0 Å². The third-order valence-corrected chi connectivity index (χ3v) is 6.13. The van der Waals surface area contributed by atoms with Gasteiger partial charge in [0.2, 0.25) is 5.91 Å². The summed E-state index contributed by atoms with van der Waals surface area (Å²) in [6.45, 7) is 3.22. The Hall–Kier alpha value is -2.31. The molecule has 2 heterocycles. The Labute approximate surface area is 160 Å². The number of nitrogens with zero attached hydrogens (tertiary/aromatic N) is 2. The van der Waals surface area contributed by atoms with E-state index in [1.807, 2.05) is 43.3 Å². The first-order valence-electron chi connectivity index (χ1n) is 8.31. The van der Waals surface area contributed by atoms with E-state index in [0.717, 1.165) is 32.3 Å². The number of para-hydroxylation sites is 1. The molecule has 1 aromatic heterocycles. The van der Waals surface area contributed by atoms with Gasteiger partial charge < -0.3 is 15.0 Å². The topological polar surface area (TPSA) is 54.5 Å². The molecule has 3 aromatic rings. The van der Waals surface area contributed by atoms with Crippen LogP contribution in [0.5, 0.6) is 5.75 Å². The van der Waals surface area contributed by atoms with Crippen molar-refractivity contribution in [3.05, 3.63) is 47.0 Å². The summed E-state index contributed by atoms with van der Waals surface area (Å²) in [5, 5.41) is 4.56. The fourth-order valence-electron chi connectivity index (χ4n) is 2.99. The number of rotatable bonds is 4. The molecule has 0 bridgehead atoms. The Kier molecular flexibility index (Phi) is 4.46. The summed E-state index contributed by atoms with van der Waals surface area (Å²) in [5.74, 6) is 0.740. The van der Waals surface area contributed by atoms with Gasteiger partial charge in [-0.1, -0.05) is 35.1 Å². The van der Waals surface area contributed by atoms with Crippen molar-refractivity contribution in [3.63, 3.8) is 0 Å². The van der Waals surface area contributed by atoms with Crippen molar-refractivity contribution in [2.24, 2.45) is 5.92 Å². The average molecular weight is 388 g/mol. The lowest BCUT2D eigenvalue weighted by molar-refractivity contribution is -0.120. The van der Waals surface area contributed by atoms with Crippen LogP contribution in [0.3, 0.4) is 0 Å². The number of nitrogens with one attached hydrogen (secondary N) is 1. The molecular formula is C19H18ClN3O2S. The second kappa shape index (κ2) is 6.78. The first-order valence-corrected chi connectivity index (χ1v) is 9.50. The van der Waals surface area contributed by atoms with E-state index in [1.165, 1.54) is 0 Å². The summed E-state index contributed by atoms with van der Waals surface area (Å²) in [7, 11) is 1.65. The molecule has 4 rings (SSSR count). The summed E-state index contributed by atoms with van der Waals surface area (Å²) in [6, 6.07) is 11.4. The number of methoxy groups -OCH3 is 1. The van der Waals surface area contributed by atoms with Gasteiger partial charge >= 0.3 is 0 Å². The Morgan fingerprint density at radius 3 is 2.85 bits per heavy atom. The minimum Gasteiger partial charge on any atom is -0.494 e. The smallest absolute Gasteiger partial charge is 0.231 e. The third kappa shape index (κ3) is 2.99. The van der Waals surface area contributed by atoms with Crippen molar-refractivity contribution in [3.8, 4) is 5.75 Å². The van der Waals surface area contributed by atoms with Crippen LogP contribution in [0.25, 0.3) is 10.2 Å². The minimum atomic E-state index is -0.0534. The molecule has 1 amide bonds. The fourth-order valence-corrected chi connectivity index (χ4v) is 4.17. The van der Waals surface area contributed by atoms with Crippen LogP contribution in [0.4, 0.5) is 10.8 Å². The molecule has 7 heteroatoms. The number of ether oxygens (including phenoxy) is 1. The maximum absolute atomic E-state index is 12.5. The van der Waals surface area contributed by atoms with Gasteiger partial charge in [0.05, 0.1) is 17.7 Å². The molecule has 0 saturated carbocycles. The number of amides is 1. The molecule has 0 unspecified atom stereocenters. The predicted molar refractivity (Wildman–Crippen MR) is 107 cm³/mol. The second-order valence-corrected chi connectivity index (χ2v) is 7.72. The average Bonchev–Trinajstić information content (AvgIpc) is 3.01. The molecule has 1 fully saturated rings. The fraction of sp³-hybridized carbons (Fsp3) is 0.263. The Bertz CT molecular complexity index is 982. The highest BCUT2D eigenvalue weighted by atomic mass is 35.5. The van der Waals surface area contributed by atoms with Gasteiger partial charge in [0, 0.05) is 23.8 Å². The summed E-state index contributed by atoms with van der Waals surface area (Å²) in [5.41, 5.74) is 2.53. The molecule has 2 aromatic carbocycles. The zero-order valence-corrected chi connectivity index (χ0v) is 16.0. The first kappa shape index (κ1) is 17.1. The highest BCUT2D eigenvalue weighted by Gasteiger charge is 2.34. The number of benzene rings is 2. The minimum absolute atomic E-state index is 0.0188. The number of halogens is 1. The van der Waals surface area contributed by atoms with Crippen LogP contribution in [0.2, 0.25) is 5.02 Å². The van der Waals surface area contributed by atoms with E-state index in [2.05, 4.69) is 15.2 Å². The zero-order valence-electron chi connectivity index (χ0n) is 14.5. The van der Waals surface area contributed by atoms with Crippen molar-refractivity contribution in [2.75, 3.05) is 30.4 Å². The SMILES string of the molecule is COc1cccc2sc(N3CC(C(=O)Nc4cccc(Cl)c4C)C3)nc12. The van der Waals surface area contributed by atoms with E-state index < -0.39 is 0 Å². The number of aromatic nitrogens is 1. The first-order chi connectivity index (χ1) is 12.6. The molecule has 1 aliphatic rings. The van der Waals surface area contributed by atoms with Crippen molar-refractivity contribution in [1.29, 1.82) is 0 Å².